The summed E-state index contributed by atoms with van der Waals surface area (Å²) in [5.74, 6) is 1.00. The van der Waals surface area contributed by atoms with Crippen LogP contribution < -0.4 is 5.73 Å². The van der Waals surface area contributed by atoms with Gasteiger partial charge >= 0.3 is 0 Å². The molecule has 0 fully saturated rings. The standard InChI is InChI=1S/C11H15FN2OS/c1-2-6-16-7-8-4-3-5-9(10(8)12)11(13)14-15/h3-5,15H,2,6-7H2,1H3,(H2,13,14). The number of amidine groups is 1. The molecule has 16 heavy (non-hydrogen) atoms. The summed E-state index contributed by atoms with van der Waals surface area (Å²) >= 11 is 1.67. The van der Waals surface area contributed by atoms with Crippen molar-refractivity contribution in [2.45, 2.75) is 19.1 Å². The first kappa shape index (κ1) is 12.8. The van der Waals surface area contributed by atoms with Gasteiger partial charge in [0.25, 0.3) is 0 Å². The van der Waals surface area contributed by atoms with Gasteiger partial charge in [-0.25, -0.2) is 4.39 Å². The summed E-state index contributed by atoms with van der Waals surface area (Å²) in [7, 11) is 0. The number of nitrogens with two attached hydrogens (primary N) is 1. The first-order valence-corrected chi connectivity index (χ1v) is 6.19. The van der Waals surface area contributed by atoms with Crippen LogP contribution in [0.4, 0.5) is 4.39 Å². The van der Waals surface area contributed by atoms with Crippen molar-refractivity contribution in [3.63, 3.8) is 0 Å². The Hall–Kier alpha value is -1.23. The van der Waals surface area contributed by atoms with Crippen molar-refractivity contribution in [3.05, 3.63) is 35.1 Å². The predicted octanol–water partition coefficient (Wildman–Crippen LogP) is 2.56. The van der Waals surface area contributed by atoms with Crippen LogP contribution in [-0.4, -0.2) is 16.8 Å². The van der Waals surface area contributed by atoms with Crippen molar-refractivity contribution in [2.75, 3.05) is 5.75 Å². The first-order chi connectivity index (χ1) is 7.70. The molecule has 0 saturated heterocycles. The lowest BCUT2D eigenvalue weighted by Crippen LogP contribution is -2.15. The Balaban J connectivity index is 2.86. The monoisotopic (exact) mass is 242 g/mol. The Morgan fingerprint density at radius 3 is 2.94 bits per heavy atom. The second kappa shape index (κ2) is 6.37. The molecule has 0 atom stereocenters. The molecule has 0 unspecified atom stereocenters. The molecule has 0 bridgehead atoms. The van der Waals surface area contributed by atoms with Gasteiger partial charge < -0.3 is 10.9 Å². The zero-order valence-corrected chi connectivity index (χ0v) is 9.93. The Labute approximate surface area is 98.5 Å². The molecular formula is C11H15FN2OS. The Morgan fingerprint density at radius 2 is 2.31 bits per heavy atom. The van der Waals surface area contributed by atoms with Gasteiger partial charge in [0.15, 0.2) is 5.84 Å². The number of nitrogens with zero attached hydrogens (tertiary/aromatic N) is 1. The minimum Gasteiger partial charge on any atom is -0.409 e. The summed E-state index contributed by atoms with van der Waals surface area (Å²) in [5.41, 5.74) is 6.11. The number of rotatable bonds is 5. The van der Waals surface area contributed by atoms with Crippen LogP contribution in [0.25, 0.3) is 0 Å². The van der Waals surface area contributed by atoms with E-state index < -0.39 is 5.82 Å². The fourth-order valence-corrected chi connectivity index (χ4v) is 2.15. The largest absolute Gasteiger partial charge is 0.409 e. The SMILES string of the molecule is CCCSCc1cccc(/C(N)=N/O)c1F. The maximum Gasteiger partial charge on any atom is 0.173 e. The van der Waals surface area contributed by atoms with Gasteiger partial charge in [-0.15, -0.1) is 0 Å². The van der Waals surface area contributed by atoms with Gasteiger partial charge in [0.05, 0.1) is 5.56 Å². The normalized spacial score (nSPS) is 11.8. The lowest BCUT2D eigenvalue weighted by Gasteiger charge is -2.06. The molecule has 0 aromatic heterocycles. The quantitative estimate of drug-likeness (QED) is 0.274. The van der Waals surface area contributed by atoms with E-state index in [1.807, 2.05) is 0 Å². The number of halogens is 1. The maximum absolute atomic E-state index is 13.9. The number of oxime groups is 1. The van der Waals surface area contributed by atoms with Crippen LogP contribution in [0.2, 0.25) is 0 Å². The molecule has 0 saturated carbocycles. The van der Waals surface area contributed by atoms with Crippen molar-refractivity contribution in [1.82, 2.24) is 0 Å². The van der Waals surface area contributed by atoms with Crippen LogP contribution in [0.5, 0.6) is 0 Å². The van der Waals surface area contributed by atoms with E-state index in [9.17, 15) is 4.39 Å². The molecule has 0 amide bonds. The lowest BCUT2D eigenvalue weighted by atomic mass is 10.1. The van der Waals surface area contributed by atoms with Crippen molar-refractivity contribution >= 4 is 17.6 Å². The topological polar surface area (TPSA) is 58.6 Å². The smallest absolute Gasteiger partial charge is 0.173 e. The third-order valence-electron chi connectivity index (χ3n) is 2.07. The van der Waals surface area contributed by atoms with Crippen LogP contribution in [-0.2, 0) is 5.75 Å². The van der Waals surface area contributed by atoms with E-state index in [1.165, 1.54) is 6.07 Å². The summed E-state index contributed by atoms with van der Waals surface area (Å²) in [6.07, 6.45) is 1.06. The Bertz CT molecular complexity index is 382. The molecular weight excluding hydrogens is 227 g/mol. The highest BCUT2D eigenvalue weighted by Gasteiger charge is 2.10. The van der Waals surface area contributed by atoms with E-state index in [2.05, 4.69) is 12.1 Å². The molecule has 5 heteroatoms. The van der Waals surface area contributed by atoms with Gasteiger partial charge in [0.2, 0.25) is 0 Å². The summed E-state index contributed by atoms with van der Waals surface area (Å²) in [5, 5.41) is 11.3. The highest BCUT2D eigenvalue weighted by molar-refractivity contribution is 7.98. The molecule has 3 N–H and O–H groups in total. The van der Waals surface area contributed by atoms with Gasteiger partial charge in [-0.05, 0) is 23.8 Å². The van der Waals surface area contributed by atoms with Crippen LogP contribution in [0.15, 0.2) is 23.4 Å². The first-order valence-electron chi connectivity index (χ1n) is 5.03. The highest BCUT2D eigenvalue weighted by atomic mass is 32.2. The second-order valence-electron chi connectivity index (χ2n) is 3.32. The average Bonchev–Trinajstić information content (AvgIpc) is 2.30. The molecule has 0 spiro atoms. The molecule has 1 aromatic rings. The van der Waals surface area contributed by atoms with E-state index in [-0.39, 0.29) is 11.4 Å². The highest BCUT2D eigenvalue weighted by Crippen LogP contribution is 2.19. The minimum absolute atomic E-state index is 0.150. The van der Waals surface area contributed by atoms with Crippen molar-refractivity contribution in [3.8, 4) is 0 Å². The molecule has 1 aromatic carbocycles. The van der Waals surface area contributed by atoms with Crippen LogP contribution in [0.3, 0.4) is 0 Å². The maximum atomic E-state index is 13.9. The third kappa shape index (κ3) is 3.13. The lowest BCUT2D eigenvalue weighted by molar-refractivity contribution is 0.318. The van der Waals surface area contributed by atoms with E-state index in [1.54, 1.807) is 23.9 Å². The van der Waals surface area contributed by atoms with Gasteiger partial charge in [-0.2, -0.15) is 11.8 Å². The van der Waals surface area contributed by atoms with Crippen LogP contribution in [0.1, 0.15) is 24.5 Å². The average molecular weight is 242 g/mol. The van der Waals surface area contributed by atoms with Crippen LogP contribution in [0, 0.1) is 5.82 Å². The summed E-state index contributed by atoms with van der Waals surface area (Å²) < 4.78 is 13.9. The van der Waals surface area contributed by atoms with Crippen molar-refractivity contribution in [1.29, 1.82) is 0 Å². The molecule has 3 nitrogen and oxygen atoms in total. The molecule has 0 heterocycles. The molecule has 0 aliphatic carbocycles. The molecule has 0 radical (unpaired) electrons. The second-order valence-corrected chi connectivity index (χ2v) is 4.42. The zero-order chi connectivity index (χ0) is 12.0. The van der Waals surface area contributed by atoms with Crippen LogP contribution >= 0.6 is 11.8 Å². The Morgan fingerprint density at radius 1 is 1.56 bits per heavy atom. The van der Waals surface area contributed by atoms with Gasteiger partial charge in [0, 0.05) is 5.75 Å². The number of hydrogen-bond donors (Lipinski definition) is 2. The fourth-order valence-electron chi connectivity index (χ4n) is 1.27. The predicted molar refractivity (Wildman–Crippen MR) is 65.4 cm³/mol. The van der Waals surface area contributed by atoms with E-state index in [4.69, 9.17) is 10.9 Å². The summed E-state index contributed by atoms with van der Waals surface area (Å²) in [4.78, 5) is 0. The van der Waals surface area contributed by atoms with Gasteiger partial charge in [0.1, 0.15) is 5.82 Å². The number of hydrogen-bond acceptors (Lipinski definition) is 3. The summed E-state index contributed by atoms with van der Waals surface area (Å²) in [6.45, 7) is 2.08. The number of benzene rings is 1. The zero-order valence-electron chi connectivity index (χ0n) is 9.11. The minimum atomic E-state index is -0.401. The number of thioether (sulfide) groups is 1. The van der Waals surface area contributed by atoms with E-state index in [0.29, 0.717) is 11.3 Å². The molecule has 0 aliphatic heterocycles. The fraction of sp³-hybridized carbons (Fsp3) is 0.364. The molecule has 0 aliphatic rings. The van der Waals surface area contributed by atoms with Crippen molar-refractivity contribution in [2.24, 2.45) is 10.9 Å². The van der Waals surface area contributed by atoms with E-state index >= 15 is 0 Å². The molecule has 88 valence electrons. The molecule has 1 rings (SSSR count). The Kier molecular flexibility index (Phi) is 5.11. The summed E-state index contributed by atoms with van der Waals surface area (Å²) in [6, 6.07) is 4.92. The third-order valence-corrected chi connectivity index (χ3v) is 3.28. The van der Waals surface area contributed by atoms with E-state index in [0.717, 1.165) is 12.2 Å². The van der Waals surface area contributed by atoms with Crippen molar-refractivity contribution < 1.29 is 9.60 Å². The van der Waals surface area contributed by atoms with Gasteiger partial charge in [-0.1, -0.05) is 24.2 Å². The van der Waals surface area contributed by atoms with Gasteiger partial charge in [-0.3, -0.25) is 0 Å².